The molecule has 0 aromatic carbocycles. The third kappa shape index (κ3) is 49.3. The number of hydrogen-bond acceptors (Lipinski definition) is 5. The van der Waals surface area contributed by atoms with E-state index in [1.165, 1.54) is 180 Å². The number of aliphatic hydroxyl groups excluding tert-OH is 2. The summed E-state index contributed by atoms with van der Waals surface area (Å²) in [6, 6.07) is -0.645. The summed E-state index contributed by atoms with van der Waals surface area (Å²) in [5.41, 5.74) is 0. The van der Waals surface area contributed by atoms with Gasteiger partial charge in [0.2, 0.25) is 5.91 Å². The molecule has 6 nitrogen and oxygen atoms in total. The van der Waals surface area contributed by atoms with Crippen LogP contribution in [-0.2, 0) is 14.3 Å². The van der Waals surface area contributed by atoms with E-state index in [2.05, 4.69) is 55.6 Å². The fourth-order valence-corrected chi connectivity index (χ4v) is 8.26. The van der Waals surface area contributed by atoms with E-state index in [0.29, 0.717) is 19.4 Å². The largest absolute Gasteiger partial charge is 0.466 e. The van der Waals surface area contributed by atoms with Crippen molar-refractivity contribution in [2.45, 2.75) is 296 Å². The first-order chi connectivity index (χ1) is 31.5. The Morgan fingerprint density at radius 2 is 0.781 bits per heavy atom. The van der Waals surface area contributed by atoms with E-state index in [0.717, 1.165) is 77.0 Å². The third-order valence-electron chi connectivity index (χ3n) is 12.6. The average Bonchev–Trinajstić information content (AvgIpc) is 3.29. The lowest BCUT2D eigenvalue weighted by atomic mass is 10.0. The minimum absolute atomic E-state index is 0.0307. The second-order valence-electron chi connectivity index (χ2n) is 18.9. The molecule has 0 saturated heterocycles. The van der Waals surface area contributed by atoms with E-state index in [-0.39, 0.29) is 18.5 Å². The van der Waals surface area contributed by atoms with Crippen LogP contribution in [0.25, 0.3) is 0 Å². The first-order valence-electron chi connectivity index (χ1n) is 27.9. The van der Waals surface area contributed by atoms with Crippen molar-refractivity contribution in [1.29, 1.82) is 0 Å². The Morgan fingerprint density at radius 1 is 0.438 bits per heavy atom. The molecule has 0 radical (unpaired) electrons. The number of aliphatic hydroxyl groups is 2. The molecule has 0 bridgehead atoms. The third-order valence-corrected chi connectivity index (χ3v) is 12.6. The number of amides is 1. The summed E-state index contributed by atoms with van der Waals surface area (Å²) in [6.07, 6.45) is 66.9. The molecular formula is C58H107NO5. The molecule has 1 amide bonds. The van der Waals surface area contributed by atoms with Crippen molar-refractivity contribution in [2.75, 3.05) is 13.2 Å². The summed E-state index contributed by atoms with van der Waals surface area (Å²) in [6.45, 7) is 4.84. The van der Waals surface area contributed by atoms with E-state index < -0.39 is 12.1 Å². The van der Waals surface area contributed by atoms with E-state index in [9.17, 15) is 19.8 Å². The monoisotopic (exact) mass is 898 g/mol. The van der Waals surface area contributed by atoms with Crippen molar-refractivity contribution in [2.24, 2.45) is 0 Å². The number of carbonyl (C=O) groups is 2. The fourth-order valence-electron chi connectivity index (χ4n) is 8.26. The summed E-state index contributed by atoms with van der Waals surface area (Å²) in [5, 5.41) is 23.1. The quantitative estimate of drug-likeness (QED) is 0.0245. The van der Waals surface area contributed by atoms with Crippen molar-refractivity contribution in [3.8, 4) is 0 Å². The number of ether oxygens (including phenoxy) is 1. The molecular weight excluding hydrogens is 791 g/mol. The standard InChI is InChI=1S/C58H107NO5/c1-3-5-7-9-11-13-15-17-19-22-26-30-34-38-42-46-50-56(61)55(54-60)59-57(62)51-47-43-39-35-31-27-23-21-25-29-33-37-41-45-49-53-64-58(63)52-48-44-40-36-32-28-24-20-18-16-14-12-10-8-6-4-2/h20-21,24-25,29,33,46,50,55-56,60-61H,3-19,22-23,26-28,30-32,34-45,47-49,51-54H2,1-2H3,(H,59,62)/b24-20-,25-21-,33-29-,50-46+. The molecule has 374 valence electrons. The lowest BCUT2D eigenvalue weighted by molar-refractivity contribution is -0.143. The molecule has 0 aliphatic carbocycles. The summed E-state index contributed by atoms with van der Waals surface area (Å²) < 4.78 is 5.44. The molecule has 0 fully saturated rings. The highest BCUT2D eigenvalue weighted by atomic mass is 16.5. The van der Waals surface area contributed by atoms with Crippen LogP contribution in [0.15, 0.2) is 48.6 Å². The molecule has 0 rings (SSSR count). The van der Waals surface area contributed by atoms with Crippen LogP contribution in [0.2, 0.25) is 0 Å². The van der Waals surface area contributed by atoms with Crippen molar-refractivity contribution in [3.05, 3.63) is 48.6 Å². The van der Waals surface area contributed by atoms with Crippen LogP contribution < -0.4 is 5.32 Å². The topological polar surface area (TPSA) is 95.9 Å². The Labute approximate surface area is 397 Å². The van der Waals surface area contributed by atoms with E-state index in [4.69, 9.17) is 4.74 Å². The Kier molecular flexibility index (Phi) is 51.6. The second kappa shape index (κ2) is 53.4. The maximum atomic E-state index is 12.4. The van der Waals surface area contributed by atoms with Crippen LogP contribution in [0.1, 0.15) is 284 Å². The lowest BCUT2D eigenvalue weighted by Crippen LogP contribution is -2.45. The molecule has 0 saturated carbocycles. The van der Waals surface area contributed by atoms with Crippen LogP contribution in [0.5, 0.6) is 0 Å². The highest BCUT2D eigenvalue weighted by Gasteiger charge is 2.18. The summed E-state index contributed by atoms with van der Waals surface area (Å²) in [7, 11) is 0. The number of carbonyl (C=O) groups excluding carboxylic acids is 2. The summed E-state index contributed by atoms with van der Waals surface area (Å²) in [5.74, 6) is -0.122. The van der Waals surface area contributed by atoms with Gasteiger partial charge < -0.3 is 20.3 Å². The molecule has 64 heavy (non-hydrogen) atoms. The Balaban J connectivity index is 3.56. The molecule has 0 aromatic rings. The number of hydrogen-bond donors (Lipinski definition) is 3. The molecule has 0 heterocycles. The molecule has 0 spiro atoms. The number of esters is 1. The van der Waals surface area contributed by atoms with E-state index >= 15 is 0 Å². The zero-order valence-corrected chi connectivity index (χ0v) is 42.5. The Bertz CT molecular complexity index is 1080. The Morgan fingerprint density at radius 3 is 1.20 bits per heavy atom. The summed E-state index contributed by atoms with van der Waals surface area (Å²) in [4.78, 5) is 24.5. The molecule has 2 atom stereocenters. The molecule has 6 heteroatoms. The number of allylic oxidation sites excluding steroid dienone is 7. The molecule has 0 aliphatic rings. The second-order valence-corrected chi connectivity index (χ2v) is 18.9. The van der Waals surface area contributed by atoms with Crippen molar-refractivity contribution < 1.29 is 24.5 Å². The van der Waals surface area contributed by atoms with Gasteiger partial charge >= 0.3 is 5.97 Å². The maximum Gasteiger partial charge on any atom is 0.305 e. The molecule has 2 unspecified atom stereocenters. The summed E-state index contributed by atoms with van der Waals surface area (Å²) >= 11 is 0. The van der Waals surface area contributed by atoms with E-state index in [1.54, 1.807) is 6.08 Å². The molecule has 0 aliphatic heterocycles. The fraction of sp³-hybridized carbons (Fsp3) is 0.828. The number of unbranched alkanes of at least 4 members (excludes halogenated alkanes) is 35. The predicted molar refractivity (Wildman–Crippen MR) is 278 cm³/mol. The number of nitrogens with one attached hydrogen (secondary N) is 1. The van der Waals surface area contributed by atoms with Crippen LogP contribution in [0, 0.1) is 0 Å². The van der Waals surface area contributed by atoms with Gasteiger partial charge in [-0.1, -0.05) is 229 Å². The smallest absolute Gasteiger partial charge is 0.305 e. The van der Waals surface area contributed by atoms with E-state index in [1.807, 2.05) is 6.08 Å². The minimum Gasteiger partial charge on any atom is -0.466 e. The van der Waals surface area contributed by atoms with Gasteiger partial charge in [-0.2, -0.15) is 0 Å². The number of rotatable bonds is 51. The zero-order valence-electron chi connectivity index (χ0n) is 42.5. The first-order valence-corrected chi connectivity index (χ1v) is 27.9. The maximum absolute atomic E-state index is 12.4. The van der Waals surface area contributed by atoms with Gasteiger partial charge in [0.05, 0.1) is 25.4 Å². The van der Waals surface area contributed by atoms with Gasteiger partial charge in [0.1, 0.15) is 0 Å². The van der Waals surface area contributed by atoms with Gasteiger partial charge in [-0.15, -0.1) is 0 Å². The molecule has 0 aromatic heterocycles. The van der Waals surface area contributed by atoms with Crippen LogP contribution >= 0.6 is 0 Å². The van der Waals surface area contributed by atoms with Gasteiger partial charge in [-0.25, -0.2) is 0 Å². The predicted octanol–water partition coefficient (Wildman–Crippen LogP) is 17.0. The Hall–Kier alpha value is -2.18. The normalized spacial score (nSPS) is 13.0. The van der Waals surface area contributed by atoms with Gasteiger partial charge in [-0.05, 0) is 89.9 Å². The van der Waals surface area contributed by atoms with Gasteiger partial charge in [0, 0.05) is 12.8 Å². The lowest BCUT2D eigenvalue weighted by Gasteiger charge is -2.20. The zero-order chi connectivity index (χ0) is 46.5. The molecule has 3 N–H and O–H groups in total. The minimum atomic E-state index is -0.860. The van der Waals surface area contributed by atoms with Crippen LogP contribution in [0.3, 0.4) is 0 Å². The van der Waals surface area contributed by atoms with Crippen molar-refractivity contribution in [3.63, 3.8) is 0 Å². The SMILES string of the molecule is CCCCCCCCC/C=C\CCCCCCCC(=O)OCCCCC/C=C\C=C/CCCCCCCCC(=O)NC(CO)C(O)/C=C/CCCCCCCCCCCCCCCC. The van der Waals surface area contributed by atoms with Gasteiger partial charge in [0.25, 0.3) is 0 Å². The first kappa shape index (κ1) is 61.8. The van der Waals surface area contributed by atoms with Crippen LogP contribution in [-0.4, -0.2) is 47.4 Å². The van der Waals surface area contributed by atoms with Gasteiger partial charge in [-0.3, -0.25) is 9.59 Å². The van der Waals surface area contributed by atoms with Crippen LogP contribution in [0.4, 0.5) is 0 Å². The average molecular weight is 898 g/mol. The van der Waals surface area contributed by atoms with Gasteiger partial charge in [0.15, 0.2) is 0 Å². The highest BCUT2D eigenvalue weighted by molar-refractivity contribution is 5.76. The highest BCUT2D eigenvalue weighted by Crippen LogP contribution is 2.15. The van der Waals surface area contributed by atoms with Crippen molar-refractivity contribution in [1.82, 2.24) is 5.32 Å². The van der Waals surface area contributed by atoms with Crippen molar-refractivity contribution >= 4 is 11.9 Å².